The predicted molar refractivity (Wildman–Crippen MR) is 87.4 cm³/mol. The van der Waals surface area contributed by atoms with Gasteiger partial charge in [0.15, 0.2) is 0 Å². The van der Waals surface area contributed by atoms with Gasteiger partial charge in [0.25, 0.3) is 0 Å². The van der Waals surface area contributed by atoms with E-state index in [9.17, 15) is 5.11 Å². The fourth-order valence-corrected chi connectivity index (χ4v) is 5.17. The topological polar surface area (TPSA) is 20.2 Å². The van der Waals surface area contributed by atoms with Crippen LogP contribution in [0.15, 0.2) is 41.3 Å². The van der Waals surface area contributed by atoms with Crippen molar-refractivity contribution >= 4 is 22.5 Å². The Hall–Kier alpha value is -1.15. The van der Waals surface area contributed by atoms with E-state index < -0.39 is 0 Å². The summed E-state index contributed by atoms with van der Waals surface area (Å²) in [4.78, 5) is 1.31. The minimum absolute atomic E-state index is 0.385. The predicted octanol–water partition coefficient (Wildman–Crippen LogP) is 5.46. The Morgan fingerprint density at radius 2 is 1.55 bits per heavy atom. The van der Waals surface area contributed by atoms with Gasteiger partial charge in [-0.25, -0.2) is 0 Å². The normalized spacial score (nSPS) is 26.8. The van der Waals surface area contributed by atoms with Gasteiger partial charge in [0, 0.05) is 15.5 Å². The van der Waals surface area contributed by atoms with Crippen LogP contribution in [0.4, 0.5) is 0 Å². The van der Waals surface area contributed by atoms with Crippen LogP contribution in [-0.4, -0.2) is 10.4 Å². The van der Waals surface area contributed by atoms with Crippen molar-refractivity contribution in [1.29, 1.82) is 0 Å². The third kappa shape index (κ3) is 2.80. The van der Waals surface area contributed by atoms with Crippen LogP contribution in [0.25, 0.3) is 10.8 Å². The van der Waals surface area contributed by atoms with Gasteiger partial charge in [0.1, 0.15) is 5.75 Å². The number of hydrogen-bond donors (Lipinski definition) is 1. The van der Waals surface area contributed by atoms with E-state index in [0.29, 0.717) is 11.0 Å². The zero-order chi connectivity index (χ0) is 14.1. The molecule has 2 unspecified atom stereocenters. The van der Waals surface area contributed by atoms with Crippen LogP contribution in [0.5, 0.6) is 5.75 Å². The van der Waals surface area contributed by atoms with Gasteiger partial charge in [-0.2, -0.15) is 0 Å². The molecule has 1 saturated carbocycles. The number of fused-ring (bicyclic) bond motifs is 1. The zero-order valence-electron chi connectivity index (χ0n) is 12.2. The number of aromatic hydroxyl groups is 1. The van der Waals surface area contributed by atoms with Crippen LogP contribution >= 0.6 is 11.8 Å². The highest BCUT2D eigenvalue weighted by atomic mass is 32.2. The molecule has 106 valence electrons. The van der Waals surface area contributed by atoms with E-state index in [1.165, 1.54) is 29.5 Å². The van der Waals surface area contributed by atoms with Crippen LogP contribution in [0.1, 0.15) is 33.1 Å². The first kappa shape index (κ1) is 13.8. The van der Waals surface area contributed by atoms with Gasteiger partial charge in [-0.15, -0.1) is 11.8 Å². The molecule has 1 nitrogen and oxygen atoms in total. The molecule has 2 aromatic carbocycles. The van der Waals surface area contributed by atoms with Gasteiger partial charge in [-0.3, -0.25) is 0 Å². The lowest BCUT2D eigenvalue weighted by Gasteiger charge is -2.31. The van der Waals surface area contributed by atoms with Gasteiger partial charge in [-0.05, 0) is 48.6 Å². The minimum Gasteiger partial charge on any atom is -0.507 e. The van der Waals surface area contributed by atoms with Crippen molar-refractivity contribution in [2.24, 2.45) is 11.8 Å². The van der Waals surface area contributed by atoms with Crippen LogP contribution in [0, 0.1) is 11.8 Å². The van der Waals surface area contributed by atoms with Crippen molar-refractivity contribution in [2.45, 2.75) is 43.3 Å². The van der Waals surface area contributed by atoms with Crippen molar-refractivity contribution in [2.75, 3.05) is 0 Å². The molecule has 1 fully saturated rings. The fraction of sp³-hybridized carbons (Fsp3) is 0.444. The lowest BCUT2D eigenvalue weighted by atomic mass is 9.83. The Morgan fingerprint density at radius 1 is 0.900 bits per heavy atom. The van der Waals surface area contributed by atoms with Crippen molar-refractivity contribution < 1.29 is 5.11 Å². The van der Waals surface area contributed by atoms with E-state index in [4.69, 9.17) is 0 Å². The first-order chi connectivity index (χ1) is 9.63. The molecule has 0 amide bonds. The van der Waals surface area contributed by atoms with Crippen LogP contribution in [0.2, 0.25) is 0 Å². The molecule has 0 radical (unpaired) electrons. The van der Waals surface area contributed by atoms with E-state index in [0.717, 1.165) is 17.2 Å². The van der Waals surface area contributed by atoms with Gasteiger partial charge in [0.05, 0.1) is 0 Å². The maximum atomic E-state index is 9.98. The summed E-state index contributed by atoms with van der Waals surface area (Å²) < 4.78 is 0. The van der Waals surface area contributed by atoms with E-state index in [1.807, 2.05) is 30.0 Å². The number of phenols is 1. The highest BCUT2D eigenvalue weighted by Crippen LogP contribution is 2.42. The molecule has 0 spiro atoms. The third-order valence-corrected chi connectivity index (χ3v) is 5.62. The van der Waals surface area contributed by atoms with Crippen LogP contribution in [0.3, 0.4) is 0 Å². The molecule has 3 rings (SSSR count). The van der Waals surface area contributed by atoms with Gasteiger partial charge >= 0.3 is 0 Å². The molecule has 1 aliphatic rings. The number of benzene rings is 2. The van der Waals surface area contributed by atoms with Crippen molar-refractivity contribution in [3.8, 4) is 5.75 Å². The number of rotatable bonds is 2. The van der Waals surface area contributed by atoms with Crippen molar-refractivity contribution in [3.05, 3.63) is 36.4 Å². The summed E-state index contributed by atoms with van der Waals surface area (Å²) in [5, 5.41) is 12.8. The molecule has 0 bridgehead atoms. The number of thioether (sulfide) groups is 1. The minimum atomic E-state index is 0.385. The standard InChI is InChI=1S/C18H22OS/c1-12-9-13(2)11-14(10-12)20-18-8-7-17(19)15-5-3-4-6-16(15)18/h3-8,12-14,19H,9-11H2,1-2H3. The summed E-state index contributed by atoms with van der Waals surface area (Å²) in [6.45, 7) is 4.75. The first-order valence-corrected chi connectivity index (χ1v) is 8.39. The van der Waals surface area contributed by atoms with Gasteiger partial charge < -0.3 is 5.11 Å². The summed E-state index contributed by atoms with van der Waals surface area (Å²) in [5.74, 6) is 2.05. The molecule has 2 aromatic rings. The molecule has 0 aliphatic heterocycles. The van der Waals surface area contributed by atoms with Gasteiger partial charge in [-0.1, -0.05) is 38.1 Å². The Balaban J connectivity index is 1.89. The largest absolute Gasteiger partial charge is 0.507 e. The van der Waals surface area contributed by atoms with Crippen molar-refractivity contribution in [1.82, 2.24) is 0 Å². The third-order valence-electron chi connectivity index (χ3n) is 4.29. The highest BCUT2D eigenvalue weighted by Gasteiger charge is 2.25. The quantitative estimate of drug-likeness (QED) is 0.790. The lowest BCUT2D eigenvalue weighted by molar-refractivity contribution is 0.309. The fourth-order valence-electron chi connectivity index (χ4n) is 3.51. The second kappa shape index (κ2) is 5.69. The average molecular weight is 286 g/mol. The Kier molecular flexibility index (Phi) is 3.93. The Labute approximate surface area is 125 Å². The van der Waals surface area contributed by atoms with E-state index in [2.05, 4.69) is 32.0 Å². The first-order valence-electron chi connectivity index (χ1n) is 7.51. The molecule has 0 aromatic heterocycles. The molecular formula is C18H22OS. The maximum absolute atomic E-state index is 9.98. The monoisotopic (exact) mass is 286 g/mol. The smallest absolute Gasteiger partial charge is 0.123 e. The number of phenolic OH excluding ortho intramolecular Hbond substituents is 1. The second-order valence-corrected chi connectivity index (χ2v) is 7.63. The van der Waals surface area contributed by atoms with Gasteiger partial charge in [0.2, 0.25) is 0 Å². The Bertz CT molecular complexity index is 597. The summed E-state index contributed by atoms with van der Waals surface area (Å²) in [7, 11) is 0. The Morgan fingerprint density at radius 3 is 2.25 bits per heavy atom. The van der Waals surface area contributed by atoms with E-state index in [-0.39, 0.29) is 0 Å². The second-order valence-electron chi connectivity index (χ2n) is 6.29. The number of hydrogen-bond acceptors (Lipinski definition) is 2. The zero-order valence-corrected chi connectivity index (χ0v) is 13.0. The van der Waals surface area contributed by atoms with Crippen LogP contribution in [-0.2, 0) is 0 Å². The summed E-state index contributed by atoms with van der Waals surface area (Å²) >= 11 is 2.00. The molecule has 1 aliphatic carbocycles. The summed E-state index contributed by atoms with van der Waals surface area (Å²) in [6.07, 6.45) is 3.99. The molecule has 0 saturated heterocycles. The highest BCUT2D eigenvalue weighted by molar-refractivity contribution is 8.00. The molecular weight excluding hydrogens is 264 g/mol. The SMILES string of the molecule is CC1CC(C)CC(Sc2ccc(O)c3ccccc23)C1. The summed E-state index contributed by atoms with van der Waals surface area (Å²) in [5.41, 5.74) is 0. The maximum Gasteiger partial charge on any atom is 0.123 e. The average Bonchev–Trinajstić information content (AvgIpc) is 2.41. The molecule has 0 heterocycles. The van der Waals surface area contributed by atoms with Crippen molar-refractivity contribution in [3.63, 3.8) is 0 Å². The molecule has 2 atom stereocenters. The lowest BCUT2D eigenvalue weighted by Crippen LogP contribution is -2.21. The summed E-state index contributed by atoms with van der Waals surface area (Å²) in [6, 6.07) is 12.1. The van der Waals surface area contributed by atoms with E-state index in [1.54, 1.807) is 0 Å². The molecule has 20 heavy (non-hydrogen) atoms. The molecule has 1 N–H and O–H groups in total. The van der Waals surface area contributed by atoms with E-state index >= 15 is 0 Å². The van der Waals surface area contributed by atoms with Crippen LogP contribution < -0.4 is 0 Å². The molecule has 2 heteroatoms.